The van der Waals surface area contributed by atoms with E-state index in [2.05, 4.69) is 19.6 Å². The molecule has 2 rings (SSSR count). The van der Waals surface area contributed by atoms with Gasteiger partial charge < -0.3 is 10.2 Å². The molecule has 0 bridgehead atoms. The first-order valence-electron chi connectivity index (χ1n) is 4.50. The predicted molar refractivity (Wildman–Crippen MR) is 65.6 cm³/mol. The molecule has 1 aromatic heterocycles. The number of rotatable bonds is 3. The van der Waals surface area contributed by atoms with Crippen molar-refractivity contribution in [2.45, 2.75) is 5.16 Å². The zero-order chi connectivity index (χ0) is 12.3. The molecule has 0 amide bonds. The summed E-state index contributed by atoms with van der Waals surface area (Å²) in [4.78, 5) is 4.07. The normalized spacial score (nSPS) is 11.1. The number of nitrogens with zero attached hydrogens (tertiary/aromatic N) is 4. The number of thioether (sulfide) groups is 1. The van der Waals surface area contributed by atoms with Crippen molar-refractivity contribution in [2.24, 2.45) is 10.2 Å². The lowest BCUT2D eigenvalue weighted by Gasteiger charge is -1.96. The first kappa shape index (κ1) is 11.8. The van der Waals surface area contributed by atoms with Gasteiger partial charge in [0.25, 0.3) is 0 Å². The van der Waals surface area contributed by atoms with Gasteiger partial charge >= 0.3 is 0 Å². The number of phenolic OH excluding ortho intramolecular Hbond substituents is 2. The maximum absolute atomic E-state index is 9.47. The molecule has 0 aliphatic rings. The molecule has 6 nitrogen and oxygen atoms in total. The van der Waals surface area contributed by atoms with E-state index in [9.17, 15) is 5.11 Å². The number of azo groups is 1. The Labute approximate surface area is 105 Å². The first-order valence-corrected chi connectivity index (χ1v) is 6.50. The highest BCUT2D eigenvalue weighted by Crippen LogP contribution is 2.31. The van der Waals surface area contributed by atoms with Crippen molar-refractivity contribution in [2.75, 3.05) is 6.26 Å². The fourth-order valence-electron chi connectivity index (χ4n) is 1.02. The van der Waals surface area contributed by atoms with Gasteiger partial charge in [0.15, 0.2) is 0 Å². The Morgan fingerprint density at radius 3 is 2.76 bits per heavy atom. The Balaban J connectivity index is 2.19. The van der Waals surface area contributed by atoms with Crippen LogP contribution in [0.2, 0.25) is 0 Å². The molecule has 0 aliphatic carbocycles. The molecule has 0 radical (unpaired) electrons. The van der Waals surface area contributed by atoms with E-state index >= 15 is 0 Å². The molecule has 2 N–H and O–H groups in total. The number of aromatic nitrogens is 2. The Kier molecular flexibility index (Phi) is 3.55. The fourth-order valence-corrected chi connectivity index (χ4v) is 2.07. The van der Waals surface area contributed by atoms with E-state index in [0.29, 0.717) is 10.3 Å². The van der Waals surface area contributed by atoms with Crippen LogP contribution < -0.4 is 0 Å². The first-order chi connectivity index (χ1) is 8.19. The second-order valence-corrected chi connectivity index (χ2v) is 4.44. The van der Waals surface area contributed by atoms with E-state index in [-0.39, 0.29) is 17.2 Å². The van der Waals surface area contributed by atoms with Crippen molar-refractivity contribution in [3.8, 4) is 11.5 Å². The van der Waals surface area contributed by atoms with Crippen molar-refractivity contribution in [1.29, 1.82) is 0 Å². The van der Waals surface area contributed by atoms with Gasteiger partial charge in [0.05, 0.1) is 0 Å². The Hall–Kier alpha value is -1.67. The third-order valence-corrected chi connectivity index (χ3v) is 3.05. The molecular formula is C9H8N4O2S2. The molecule has 0 fully saturated rings. The van der Waals surface area contributed by atoms with E-state index in [1.54, 1.807) is 0 Å². The predicted octanol–water partition coefficient (Wildman–Crippen LogP) is 3.09. The summed E-state index contributed by atoms with van der Waals surface area (Å²) in [6, 6.07) is 4.08. The van der Waals surface area contributed by atoms with Crippen LogP contribution in [0, 0.1) is 0 Å². The number of hydrogen-bond acceptors (Lipinski definition) is 8. The lowest BCUT2D eigenvalue weighted by Crippen LogP contribution is -1.69. The summed E-state index contributed by atoms with van der Waals surface area (Å²) in [6.07, 6.45) is 1.87. The maximum atomic E-state index is 9.47. The van der Waals surface area contributed by atoms with Gasteiger partial charge in [-0.2, -0.15) is 9.36 Å². The van der Waals surface area contributed by atoms with E-state index in [1.807, 2.05) is 6.26 Å². The molecule has 0 aliphatic heterocycles. The number of phenols is 2. The molecule has 0 spiro atoms. The highest BCUT2D eigenvalue weighted by atomic mass is 32.2. The highest BCUT2D eigenvalue weighted by Gasteiger charge is 2.03. The highest BCUT2D eigenvalue weighted by molar-refractivity contribution is 7.98. The van der Waals surface area contributed by atoms with Gasteiger partial charge in [0.2, 0.25) is 10.3 Å². The molecule has 1 heterocycles. The van der Waals surface area contributed by atoms with Gasteiger partial charge in [0.1, 0.15) is 17.2 Å². The number of benzene rings is 1. The summed E-state index contributed by atoms with van der Waals surface area (Å²) in [5, 5.41) is 27.3. The Morgan fingerprint density at radius 1 is 1.29 bits per heavy atom. The smallest absolute Gasteiger partial charge is 0.250 e. The van der Waals surface area contributed by atoms with Gasteiger partial charge in [-0.15, -0.1) is 10.2 Å². The number of aromatic hydroxyl groups is 2. The van der Waals surface area contributed by atoms with Crippen LogP contribution in [0.15, 0.2) is 33.6 Å². The summed E-state index contributed by atoms with van der Waals surface area (Å²) in [6.45, 7) is 0. The molecular weight excluding hydrogens is 260 g/mol. The van der Waals surface area contributed by atoms with Crippen molar-refractivity contribution < 1.29 is 10.2 Å². The standard InChI is InChI=1S/C9H8N4O2S2/c1-16-9-10-8(17-13-9)12-11-6-3-2-5(14)4-7(6)15/h2-4,14-15H,1H3/b12-11+. The molecule has 8 heteroatoms. The second kappa shape index (κ2) is 5.11. The third-order valence-electron chi connectivity index (χ3n) is 1.78. The van der Waals surface area contributed by atoms with Crippen LogP contribution in [0.5, 0.6) is 11.5 Å². The summed E-state index contributed by atoms with van der Waals surface area (Å²) < 4.78 is 4.02. The van der Waals surface area contributed by atoms with E-state index < -0.39 is 0 Å². The van der Waals surface area contributed by atoms with Crippen LogP contribution in [0.25, 0.3) is 0 Å². The van der Waals surface area contributed by atoms with Crippen LogP contribution in [0.3, 0.4) is 0 Å². The van der Waals surface area contributed by atoms with Crippen molar-refractivity contribution >= 4 is 34.1 Å². The molecule has 17 heavy (non-hydrogen) atoms. The van der Waals surface area contributed by atoms with Gasteiger partial charge in [-0.05, 0) is 18.4 Å². The average molecular weight is 268 g/mol. The minimum Gasteiger partial charge on any atom is -0.508 e. The van der Waals surface area contributed by atoms with Crippen LogP contribution >= 0.6 is 23.3 Å². The average Bonchev–Trinajstić information content (AvgIpc) is 2.76. The maximum Gasteiger partial charge on any atom is 0.250 e. The van der Waals surface area contributed by atoms with Crippen molar-refractivity contribution in [3.63, 3.8) is 0 Å². The van der Waals surface area contributed by atoms with E-state index in [1.165, 1.54) is 30.0 Å². The van der Waals surface area contributed by atoms with Crippen LogP contribution in [-0.4, -0.2) is 25.8 Å². The van der Waals surface area contributed by atoms with Crippen LogP contribution in [-0.2, 0) is 0 Å². The van der Waals surface area contributed by atoms with Crippen LogP contribution in [0.1, 0.15) is 0 Å². The third kappa shape index (κ3) is 2.92. The summed E-state index contributed by atoms with van der Waals surface area (Å²) in [5.74, 6) is -0.162. The molecule has 0 saturated carbocycles. The Morgan fingerprint density at radius 2 is 2.12 bits per heavy atom. The molecule has 88 valence electrons. The van der Waals surface area contributed by atoms with Crippen molar-refractivity contribution in [1.82, 2.24) is 9.36 Å². The minimum atomic E-state index is -0.136. The lowest BCUT2D eigenvalue weighted by molar-refractivity contribution is 0.451. The summed E-state index contributed by atoms with van der Waals surface area (Å²) in [7, 11) is 0. The number of hydrogen-bond donors (Lipinski definition) is 2. The molecule has 1 aromatic carbocycles. The molecule has 0 saturated heterocycles. The quantitative estimate of drug-likeness (QED) is 0.659. The fraction of sp³-hybridized carbons (Fsp3) is 0.111. The zero-order valence-electron chi connectivity index (χ0n) is 8.73. The van der Waals surface area contributed by atoms with E-state index in [0.717, 1.165) is 11.5 Å². The van der Waals surface area contributed by atoms with Crippen molar-refractivity contribution in [3.05, 3.63) is 18.2 Å². The molecule has 2 aromatic rings. The topological polar surface area (TPSA) is 91.0 Å². The van der Waals surface area contributed by atoms with Crippen LogP contribution in [0.4, 0.5) is 10.8 Å². The summed E-state index contributed by atoms with van der Waals surface area (Å²) in [5.41, 5.74) is 0.267. The lowest BCUT2D eigenvalue weighted by atomic mass is 10.3. The Bertz CT molecular complexity index is 556. The molecule has 0 unspecified atom stereocenters. The molecule has 0 atom stereocenters. The largest absolute Gasteiger partial charge is 0.508 e. The monoisotopic (exact) mass is 268 g/mol. The van der Waals surface area contributed by atoms with Gasteiger partial charge in [-0.3, -0.25) is 0 Å². The van der Waals surface area contributed by atoms with E-state index in [4.69, 9.17) is 5.11 Å². The zero-order valence-corrected chi connectivity index (χ0v) is 10.4. The minimum absolute atomic E-state index is 0.0259. The van der Waals surface area contributed by atoms with Gasteiger partial charge in [-0.1, -0.05) is 11.8 Å². The van der Waals surface area contributed by atoms with Gasteiger partial charge in [0, 0.05) is 17.6 Å². The van der Waals surface area contributed by atoms with Gasteiger partial charge in [-0.25, -0.2) is 0 Å². The summed E-state index contributed by atoms with van der Waals surface area (Å²) >= 11 is 2.55. The second-order valence-electron chi connectivity index (χ2n) is 2.94. The SMILES string of the molecule is CSc1nsc(/N=N/c2ccc(O)cc2O)n1.